The first-order chi connectivity index (χ1) is 8.72. The Morgan fingerprint density at radius 3 is 2.63 bits per heavy atom. The van der Waals surface area contributed by atoms with Crippen molar-refractivity contribution in [2.45, 2.75) is 31.3 Å². The smallest absolute Gasteiger partial charge is 0.242 e. The van der Waals surface area contributed by atoms with Gasteiger partial charge in [0.1, 0.15) is 4.90 Å². The van der Waals surface area contributed by atoms with Crippen LogP contribution in [0.1, 0.15) is 20.3 Å². The summed E-state index contributed by atoms with van der Waals surface area (Å²) in [4.78, 5) is -0.0779. The summed E-state index contributed by atoms with van der Waals surface area (Å²) in [7, 11) is -3.77. The quantitative estimate of drug-likeness (QED) is 0.696. The van der Waals surface area contributed by atoms with Gasteiger partial charge in [-0.3, -0.25) is 0 Å². The number of hydrogen-bond donors (Lipinski definition) is 3. The Morgan fingerprint density at radius 1 is 1.42 bits per heavy atom. The molecule has 19 heavy (non-hydrogen) atoms. The second-order valence-electron chi connectivity index (χ2n) is 4.83. The van der Waals surface area contributed by atoms with Crippen molar-refractivity contribution >= 4 is 27.3 Å². The minimum Gasteiger partial charge on any atom is -0.399 e. The highest BCUT2D eigenvalue weighted by Gasteiger charge is 2.19. The molecule has 108 valence electrons. The summed E-state index contributed by atoms with van der Waals surface area (Å²) in [5.74, 6) is 0.287. The topological polar surface area (TPSA) is 92.4 Å². The molecule has 0 saturated heterocycles. The SMILES string of the molecule is CC(C)CC(O)CNS(=O)(=O)c1cc(N)ccc1Cl. The van der Waals surface area contributed by atoms with Gasteiger partial charge in [-0.25, -0.2) is 13.1 Å². The zero-order valence-corrected chi connectivity index (χ0v) is 12.5. The Hall–Kier alpha value is -0.820. The molecule has 0 saturated carbocycles. The molecule has 0 spiro atoms. The van der Waals surface area contributed by atoms with Gasteiger partial charge >= 0.3 is 0 Å². The lowest BCUT2D eigenvalue weighted by Crippen LogP contribution is -2.33. The minimum absolute atomic E-state index is 0.0500. The summed E-state index contributed by atoms with van der Waals surface area (Å²) in [6, 6.07) is 4.24. The highest BCUT2D eigenvalue weighted by Crippen LogP contribution is 2.23. The van der Waals surface area contributed by atoms with E-state index >= 15 is 0 Å². The lowest BCUT2D eigenvalue weighted by atomic mass is 10.1. The maximum absolute atomic E-state index is 12.0. The number of rotatable bonds is 6. The molecular weight excluding hydrogens is 288 g/mol. The Morgan fingerprint density at radius 2 is 2.05 bits per heavy atom. The maximum Gasteiger partial charge on any atom is 0.242 e. The van der Waals surface area contributed by atoms with Crippen molar-refractivity contribution in [3.8, 4) is 0 Å². The molecule has 0 heterocycles. The van der Waals surface area contributed by atoms with E-state index in [4.69, 9.17) is 17.3 Å². The third kappa shape index (κ3) is 4.99. The van der Waals surface area contributed by atoms with E-state index in [-0.39, 0.29) is 22.4 Å². The molecular formula is C12H19ClN2O3S. The Kier molecular flexibility index (Phi) is 5.61. The molecule has 0 aliphatic rings. The second kappa shape index (κ2) is 6.56. The van der Waals surface area contributed by atoms with E-state index in [1.54, 1.807) is 0 Å². The van der Waals surface area contributed by atoms with Gasteiger partial charge in [0.15, 0.2) is 0 Å². The molecule has 1 aromatic rings. The Balaban J connectivity index is 2.79. The summed E-state index contributed by atoms with van der Waals surface area (Å²) in [5.41, 5.74) is 5.86. The predicted molar refractivity (Wildman–Crippen MR) is 76.5 cm³/mol. The van der Waals surface area contributed by atoms with Gasteiger partial charge in [-0.05, 0) is 30.5 Å². The van der Waals surface area contributed by atoms with Crippen molar-refractivity contribution in [2.75, 3.05) is 12.3 Å². The highest BCUT2D eigenvalue weighted by atomic mass is 35.5. The van der Waals surface area contributed by atoms with Gasteiger partial charge in [0.2, 0.25) is 10.0 Å². The van der Waals surface area contributed by atoms with E-state index in [0.717, 1.165) is 0 Å². The van der Waals surface area contributed by atoms with Gasteiger partial charge in [0.05, 0.1) is 11.1 Å². The van der Waals surface area contributed by atoms with Crippen LogP contribution in [0.25, 0.3) is 0 Å². The van der Waals surface area contributed by atoms with Gasteiger partial charge in [0, 0.05) is 12.2 Å². The largest absolute Gasteiger partial charge is 0.399 e. The van der Waals surface area contributed by atoms with Crippen LogP contribution in [0, 0.1) is 5.92 Å². The van der Waals surface area contributed by atoms with Crippen molar-refractivity contribution in [1.29, 1.82) is 0 Å². The number of halogens is 1. The van der Waals surface area contributed by atoms with Crippen molar-refractivity contribution < 1.29 is 13.5 Å². The molecule has 1 unspecified atom stereocenters. The normalized spacial score (nSPS) is 13.7. The van der Waals surface area contributed by atoms with E-state index in [9.17, 15) is 13.5 Å². The zero-order valence-electron chi connectivity index (χ0n) is 10.9. The number of anilines is 1. The van der Waals surface area contributed by atoms with Crippen LogP contribution in [0.5, 0.6) is 0 Å². The van der Waals surface area contributed by atoms with Gasteiger partial charge < -0.3 is 10.8 Å². The van der Waals surface area contributed by atoms with E-state index < -0.39 is 16.1 Å². The molecule has 1 aromatic carbocycles. The van der Waals surface area contributed by atoms with E-state index in [1.807, 2.05) is 13.8 Å². The number of nitrogens with one attached hydrogen (secondary N) is 1. The average Bonchev–Trinajstić information content (AvgIpc) is 2.29. The van der Waals surface area contributed by atoms with E-state index in [2.05, 4.69) is 4.72 Å². The molecule has 0 fully saturated rings. The van der Waals surface area contributed by atoms with E-state index in [0.29, 0.717) is 12.1 Å². The minimum atomic E-state index is -3.77. The number of benzene rings is 1. The van der Waals surface area contributed by atoms with Crippen LogP contribution in [-0.4, -0.2) is 26.2 Å². The fraction of sp³-hybridized carbons (Fsp3) is 0.500. The maximum atomic E-state index is 12.0. The van der Waals surface area contributed by atoms with Crippen molar-refractivity contribution in [1.82, 2.24) is 4.72 Å². The monoisotopic (exact) mass is 306 g/mol. The molecule has 0 aliphatic carbocycles. The molecule has 0 aromatic heterocycles. The summed E-state index contributed by atoms with van der Waals surface area (Å²) in [6.45, 7) is 3.85. The van der Waals surface area contributed by atoms with Gasteiger partial charge in [0.25, 0.3) is 0 Å². The molecule has 5 nitrogen and oxygen atoms in total. The average molecular weight is 307 g/mol. The molecule has 7 heteroatoms. The Labute approximate surface area is 118 Å². The lowest BCUT2D eigenvalue weighted by Gasteiger charge is -2.14. The first-order valence-corrected chi connectivity index (χ1v) is 7.81. The summed E-state index contributed by atoms with van der Waals surface area (Å²) < 4.78 is 26.4. The molecule has 1 atom stereocenters. The van der Waals surface area contributed by atoms with Crippen LogP contribution in [0.3, 0.4) is 0 Å². The fourth-order valence-corrected chi connectivity index (χ4v) is 3.24. The zero-order chi connectivity index (χ0) is 14.6. The number of aliphatic hydroxyl groups is 1. The first-order valence-electron chi connectivity index (χ1n) is 5.95. The molecule has 4 N–H and O–H groups in total. The first kappa shape index (κ1) is 16.2. The Bertz CT molecular complexity index is 532. The van der Waals surface area contributed by atoms with Crippen LogP contribution < -0.4 is 10.5 Å². The highest BCUT2D eigenvalue weighted by molar-refractivity contribution is 7.89. The summed E-state index contributed by atoms with van der Waals surface area (Å²) in [6.07, 6.45) is -0.206. The van der Waals surface area contributed by atoms with Crippen LogP contribution in [0.15, 0.2) is 23.1 Å². The summed E-state index contributed by atoms with van der Waals surface area (Å²) >= 11 is 5.84. The van der Waals surface area contributed by atoms with Crippen LogP contribution in [0.2, 0.25) is 5.02 Å². The molecule has 0 bridgehead atoms. The van der Waals surface area contributed by atoms with Gasteiger partial charge in [-0.1, -0.05) is 25.4 Å². The number of nitrogens with two attached hydrogens (primary N) is 1. The van der Waals surface area contributed by atoms with Crippen LogP contribution in [0.4, 0.5) is 5.69 Å². The number of sulfonamides is 1. The van der Waals surface area contributed by atoms with Crippen LogP contribution >= 0.6 is 11.6 Å². The number of aliphatic hydroxyl groups excluding tert-OH is 1. The third-order valence-corrected chi connectivity index (χ3v) is 4.40. The predicted octanol–water partition coefficient (Wildman–Crippen LogP) is 1.61. The lowest BCUT2D eigenvalue weighted by molar-refractivity contribution is 0.152. The number of nitrogen functional groups attached to an aromatic ring is 1. The summed E-state index contributed by atoms with van der Waals surface area (Å²) in [5, 5.41) is 9.77. The van der Waals surface area contributed by atoms with Crippen LogP contribution in [-0.2, 0) is 10.0 Å². The van der Waals surface area contributed by atoms with Gasteiger partial charge in [-0.2, -0.15) is 0 Å². The van der Waals surface area contributed by atoms with Gasteiger partial charge in [-0.15, -0.1) is 0 Å². The third-order valence-electron chi connectivity index (χ3n) is 2.50. The van der Waals surface area contributed by atoms with Crippen molar-refractivity contribution in [3.63, 3.8) is 0 Å². The van der Waals surface area contributed by atoms with Crippen molar-refractivity contribution in [3.05, 3.63) is 23.2 Å². The standard InChI is InChI=1S/C12H19ClN2O3S/c1-8(2)5-10(16)7-15-19(17,18)12-6-9(14)3-4-11(12)13/h3-4,6,8,10,15-16H,5,7,14H2,1-2H3. The van der Waals surface area contributed by atoms with E-state index in [1.165, 1.54) is 18.2 Å². The molecule has 0 radical (unpaired) electrons. The fourth-order valence-electron chi connectivity index (χ4n) is 1.64. The second-order valence-corrected chi connectivity index (χ2v) is 6.97. The van der Waals surface area contributed by atoms with Crippen molar-refractivity contribution in [2.24, 2.45) is 5.92 Å². The molecule has 0 aliphatic heterocycles. The molecule has 0 amide bonds. The molecule has 1 rings (SSSR count). The number of hydrogen-bond acceptors (Lipinski definition) is 4.